The van der Waals surface area contributed by atoms with Gasteiger partial charge in [-0.15, -0.1) is 0 Å². The number of nitrogens with zero attached hydrogens (tertiary/aromatic N) is 2. The van der Waals surface area contributed by atoms with E-state index >= 15 is 0 Å². The highest BCUT2D eigenvalue weighted by Gasteiger charge is 2.44. The van der Waals surface area contributed by atoms with Crippen molar-refractivity contribution in [3.8, 4) is 0 Å². The quantitative estimate of drug-likeness (QED) is 0.865. The molecule has 0 aromatic carbocycles. The van der Waals surface area contributed by atoms with Crippen LogP contribution in [0.5, 0.6) is 0 Å². The number of esters is 1. The summed E-state index contributed by atoms with van der Waals surface area (Å²) in [6, 6.07) is 5.46. The Morgan fingerprint density at radius 2 is 2.27 bits per heavy atom. The number of rotatable bonds is 3. The van der Waals surface area contributed by atoms with E-state index < -0.39 is 5.97 Å². The molecule has 1 saturated heterocycles. The monoisotopic (exact) mass is 304 g/mol. The number of piperidine rings is 1. The molecule has 0 amide bonds. The van der Waals surface area contributed by atoms with Gasteiger partial charge in [-0.2, -0.15) is 0 Å². The van der Waals surface area contributed by atoms with E-state index in [0.717, 1.165) is 57.4 Å². The van der Waals surface area contributed by atoms with Crippen LogP contribution in [-0.2, 0) is 11.3 Å². The van der Waals surface area contributed by atoms with Crippen molar-refractivity contribution < 1.29 is 14.6 Å². The van der Waals surface area contributed by atoms with E-state index in [2.05, 4.69) is 9.88 Å². The van der Waals surface area contributed by atoms with Crippen molar-refractivity contribution in [3.05, 3.63) is 29.6 Å². The smallest absolute Gasteiger partial charge is 0.356 e. The number of aliphatic hydroxyl groups excluding tert-OH is 1. The molecule has 2 fully saturated rings. The van der Waals surface area contributed by atoms with Gasteiger partial charge in [0.05, 0.1) is 18.9 Å². The topological polar surface area (TPSA) is 62.7 Å². The van der Waals surface area contributed by atoms with Gasteiger partial charge in [-0.1, -0.05) is 12.5 Å². The summed E-state index contributed by atoms with van der Waals surface area (Å²) in [6.45, 7) is 2.68. The van der Waals surface area contributed by atoms with E-state index in [0.29, 0.717) is 5.69 Å². The second kappa shape index (κ2) is 6.34. The molecular weight excluding hydrogens is 280 g/mol. The minimum atomic E-state index is -0.400. The standard InChI is InChI=1S/C17H24N2O3/c1-22-16(21)14-6-2-5-13(18-14)11-19-10-4-9-17(12-19)8-3-7-15(17)20/h2,5-6,15,20H,3-4,7-12H2,1H3/t15-,17+/m1/s1. The van der Waals surface area contributed by atoms with E-state index in [-0.39, 0.29) is 11.5 Å². The highest BCUT2D eigenvalue weighted by molar-refractivity contribution is 5.87. The van der Waals surface area contributed by atoms with Gasteiger partial charge in [0.1, 0.15) is 5.69 Å². The van der Waals surface area contributed by atoms with Crippen LogP contribution in [0, 0.1) is 5.41 Å². The maximum atomic E-state index is 11.6. The Hall–Kier alpha value is -1.46. The van der Waals surface area contributed by atoms with Crippen molar-refractivity contribution in [1.82, 2.24) is 9.88 Å². The zero-order valence-corrected chi connectivity index (χ0v) is 13.1. The fraction of sp³-hybridized carbons (Fsp3) is 0.647. The van der Waals surface area contributed by atoms with Gasteiger partial charge < -0.3 is 9.84 Å². The molecule has 5 nitrogen and oxygen atoms in total. The second-order valence-corrected chi connectivity index (χ2v) is 6.59. The number of aliphatic hydroxyl groups is 1. The Balaban J connectivity index is 1.69. The molecule has 22 heavy (non-hydrogen) atoms. The molecule has 1 saturated carbocycles. The van der Waals surface area contributed by atoms with Crippen LogP contribution in [0.15, 0.2) is 18.2 Å². The van der Waals surface area contributed by atoms with E-state index in [4.69, 9.17) is 4.74 Å². The minimum Gasteiger partial charge on any atom is -0.464 e. The Morgan fingerprint density at radius 1 is 1.45 bits per heavy atom. The first-order valence-corrected chi connectivity index (χ1v) is 8.08. The van der Waals surface area contributed by atoms with Crippen LogP contribution in [0.4, 0.5) is 0 Å². The molecule has 3 rings (SSSR count). The summed E-state index contributed by atoms with van der Waals surface area (Å²) in [7, 11) is 1.37. The Labute approximate surface area is 131 Å². The normalized spacial score (nSPS) is 28.9. The summed E-state index contributed by atoms with van der Waals surface area (Å²) < 4.78 is 4.72. The van der Waals surface area contributed by atoms with Crippen LogP contribution < -0.4 is 0 Å². The molecule has 1 aromatic rings. The van der Waals surface area contributed by atoms with Gasteiger partial charge in [-0.3, -0.25) is 4.90 Å². The summed E-state index contributed by atoms with van der Waals surface area (Å²) in [4.78, 5) is 18.3. The van der Waals surface area contributed by atoms with Gasteiger partial charge >= 0.3 is 5.97 Å². The molecule has 0 unspecified atom stereocenters. The number of aromatic nitrogens is 1. The van der Waals surface area contributed by atoms with E-state index in [1.54, 1.807) is 6.07 Å². The summed E-state index contributed by atoms with van der Waals surface area (Å²) >= 11 is 0. The van der Waals surface area contributed by atoms with Gasteiger partial charge in [0.15, 0.2) is 0 Å². The number of hydrogen-bond acceptors (Lipinski definition) is 5. The fourth-order valence-electron chi connectivity index (χ4n) is 4.00. The summed E-state index contributed by atoms with van der Waals surface area (Å²) in [6.07, 6.45) is 5.27. The minimum absolute atomic E-state index is 0.0816. The number of pyridine rings is 1. The maximum Gasteiger partial charge on any atom is 0.356 e. The summed E-state index contributed by atoms with van der Waals surface area (Å²) in [5.41, 5.74) is 1.32. The lowest BCUT2D eigenvalue weighted by Gasteiger charge is -2.42. The predicted molar refractivity (Wildman–Crippen MR) is 82.4 cm³/mol. The number of ether oxygens (including phenoxy) is 1. The van der Waals surface area contributed by atoms with Gasteiger partial charge in [0.25, 0.3) is 0 Å². The molecule has 2 aliphatic rings. The van der Waals surface area contributed by atoms with Crippen LogP contribution in [0.1, 0.15) is 48.3 Å². The second-order valence-electron chi connectivity index (χ2n) is 6.59. The van der Waals surface area contributed by atoms with Crippen molar-refractivity contribution in [2.24, 2.45) is 5.41 Å². The summed E-state index contributed by atoms with van der Waals surface area (Å²) in [5.74, 6) is -0.400. The highest BCUT2D eigenvalue weighted by Crippen LogP contribution is 2.45. The molecule has 1 aromatic heterocycles. The Morgan fingerprint density at radius 3 is 3.00 bits per heavy atom. The van der Waals surface area contributed by atoms with Gasteiger partial charge in [0, 0.05) is 18.5 Å². The number of carbonyl (C=O) groups excluding carboxylic acids is 1. The lowest BCUT2D eigenvalue weighted by Crippen LogP contribution is -2.46. The van der Waals surface area contributed by atoms with E-state index in [9.17, 15) is 9.90 Å². The zero-order valence-electron chi connectivity index (χ0n) is 13.1. The van der Waals surface area contributed by atoms with Crippen LogP contribution in [-0.4, -0.2) is 47.3 Å². The van der Waals surface area contributed by atoms with E-state index in [1.807, 2.05) is 12.1 Å². The van der Waals surface area contributed by atoms with Gasteiger partial charge in [0.2, 0.25) is 0 Å². The number of methoxy groups -OCH3 is 1. The lowest BCUT2D eigenvalue weighted by molar-refractivity contribution is -0.0123. The third-order valence-corrected chi connectivity index (χ3v) is 5.13. The number of carbonyl (C=O) groups is 1. The first-order chi connectivity index (χ1) is 10.6. The molecule has 2 atom stereocenters. The highest BCUT2D eigenvalue weighted by atomic mass is 16.5. The third kappa shape index (κ3) is 3.01. The summed E-state index contributed by atoms with van der Waals surface area (Å²) in [5, 5.41) is 10.3. The van der Waals surface area contributed by atoms with Crippen LogP contribution in [0.3, 0.4) is 0 Å². The Kier molecular flexibility index (Phi) is 4.45. The van der Waals surface area contributed by atoms with Crippen molar-refractivity contribution in [2.45, 2.75) is 44.8 Å². The molecule has 1 N–H and O–H groups in total. The maximum absolute atomic E-state index is 11.6. The average molecular weight is 304 g/mol. The molecule has 0 radical (unpaired) electrons. The molecule has 5 heteroatoms. The zero-order chi connectivity index (χ0) is 15.6. The number of hydrogen-bond donors (Lipinski definition) is 1. The molecule has 1 spiro atoms. The first kappa shape index (κ1) is 15.4. The first-order valence-electron chi connectivity index (χ1n) is 8.08. The largest absolute Gasteiger partial charge is 0.464 e. The molecule has 0 bridgehead atoms. The van der Waals surface area contributed by atoms with Crippen molar-refractivity contribution >= 4 is 5.97 Å². The van der Waals surface area contributed by atoms with Crippen LogP contribution >= 0.6 is 0 Å². The number of likely N-dealkylation sites (tertiary alicyclic amines) is 1. The van der Waals surface area contributed by atoms with Crippen LogP contribution in [0.25, 0.3) is 0 Å². The van der Waals surface area contributed by atoms with E-state index in [1.165, 1.54) is 7.11 Å². The lowest BCUT2D eigenvalue weighted by atomic mass is 9.76. The van der Waals surface area contributed by atoms with Crippen molar-refractivity contribution in [2.75, 3.05) is 20.2 Å². The Bertz CT molecular complexity index is 548. The average Bonchev–Trinajstić information content (AvgIpc) is 2.87. The van der Waals surface area contributed by atoms with Gasteiger partial charge in [-0.05, 0) is 44.4 Å². The molecular formula is C17H24N2O3. The molecule has 2 heterocycles. The van der Waals surface area contributed by atoms with Crippen molar-refractivity contribution in [3.63, 3.8) is 0 Å². The van der Waals surface area contributed by atoms with Crippen molar-refractivity contribution in [1.29, 1.82) is 0 Å². The molecule has 120 valence electrons. The SMILES string of the molecule is COC(=O)c1cccc(CN2CCC[C@@]3(CCC[C@H]3O)C2)n1. The van der Waals surface area contributed by atoms with Gasteiger partial charge in [-0.25, -0.2) is 9.78 Å². The predicted octanol–water partition coefficient (Wildman–Crippen LogP) is 2.00. The third-order valence-electron chi connectivity index (χ3n) is 5.13. The molecule has 1 aliphatic carbocycles. The molecule has 1 aliphatic heterocycles. The van der Waals surface area contributed by atoms with Crippen LogP contribution in [0.2, 0.25) is 0 Å². The fourth-order valence-corrected chi connectivity index (χ4v) is 4.00.